The summed E-state index contributed by atoms with van der Waals surface area (Å²) in [7, 11) is -9.94. The molecule has 0 spiro atoms. The van der Waals surface area contributed by atoms with E-state index in [1.807, 2.05) is 0 Å². The largest absolute Gasteiger partial charge is 0.472 e. The van der Waals surface area contributed by atoms with E-state index in [-0.39, 0.29) is 25.7 Å². The van der Waals surface area contributed by atoms with Crippen molar-refractivity contribution in [1.82, 2.24) is 0 Å². The maximum absolute atomic E-state index is 13.2. The van der Waals surface area contributed by atoms with Gasteiger partial charge in [-0.25, -0.2) is 9.13 Å². The van der Waals surface area contributed by atoms with E-state index in [0.29, 0.717) is 25.7 Å². The molecule has 654 valence electrons. The molecule has 0 saturated heterocycles. The second-order valence-electron chi connectivity index (χ2n) is 34.1. The summed E-state index contributed by atoms with van der Waals surface area (Å²) in [4.78, 5) is 73.4. The second-order valence-corrected chi connectivity index (χ2v) is 37.0. The summed E-state index contributed by atoms with van der Waals surface area (Å²) in [6.45, 7) is 14.4. The molecule has 0 fully saturated rings. The third kappa shape index (κ3) is 81.2. The average molecular weight is 1610 g/mol. The minimum absolute atomic E-state index is 0.106. The van der Waals surface area contributed by atoms with Crippen LogP contribution in [0.25, 0.3) is 0 Å². The van der Waals surface area contributed by atoms with Crippen molar-refractivity contribution in [3.63, 3.8) is 0 Å². The van der Waals surface area contributed by atoms with Crippen LogP contribution in [0, 0.1) is 23.7 Å². The topological polar surface area (TPSA) is 237 Å². The number of hydrogen-bond donors (Lipinski definition) is 3. The second kappa shape index (κ2) is 79.5. The number of carbonyl (C=O) groups excluding carboxylic acids is 4. The van der Waals surface area contributed by atoms with Crippen molar-refractivity contribution in [2.24, 2.45) is 23.7 Å². The van der Waals surface area contributed by atoms with Crippen molar-refractivity contribution in [2.45, 2.75) is 497 Å². The van der Waals surface area contributed by atoms with Gasteiger partial charge in [-0.15, -0.1) is 0 Å². The van der Waals surface area contributed by atoms with Gasteiger partial charge in [0.15, 0.2) is 12.2 Å². The first-order valence-electron chi connectivity index (χ1n) is 46.8. The van der Waals surface area contributed by atoms with Crippen LogP contribution >= 0.6 is 15.6 Å². The minimum Gasteiger partial charge on any atom is -0.462 e. The van der Waals surface area contributed by atoms with Crippen LogP contribution in [0.1, 0.15) is 479 Å². The third-order valence-electron chi connectivity index (χ3n) is 22.0. The first-order valence-corrected chi connectivity index (χ1v) is 49.8. The first-order chi connectivity index (χ1) is 53.2. The monoisotopic (exact) mass is 1610 g/mol. The highest BCUT2D eigenvalue weighted by atomic mass is 31.2. The minimum atomic E-state index is -4.97. The van der Waals surface area contributed by atoms with Gasteiger partial charge in [-0.2, -0.15) is 0 Å². The van der Waals surface area contributed by atoms with Gasteiger partial charge in [0.05, 0.1) is 26.4 Å². The van der Waals surface area contributed by atoms with Crippen LogP contribution in [-0.2, 0) is 65.4 Å². The number of aliphatic hydroxyl groups excluding tert-OH is 1. The molecule has 19 heteroatoms. The summed E-state index contributed by atoms with van der Waals surface area (Å²) < 4.78 is 69.0. The molecule has 0 aromatic rings. The fourth-order valence-corrected chi connectivity index (χ4v) is 15.7. The molecular weight excluding hydrogens is 1430 g/mol. The molecule has 0 bridgehead atoms. The van der Waals surface area contributed by atoms with Crippen LogP contribution < -0.4 is 0 Å². The maximum atomic E-state index is 13.2. The summed E-state index contributed by atoms with van der Waals surface area (Å²) in [5.41, 5.74) is 0. The van der Waals surface area contributed by atoms with Crippen molar-refractivity contribution < 1.29 is 80.2 Å². The smallest absolute Gasteiger partial charge is 0.462 e. The lowest BCUT2D eigenvalue weighted by Crippen LogP contribution is -2.30. The number of unbranched alkanes of at least 4 members (excludes halogenated alkanes) is 52. The van der Waals surface area contributed by atoms with Gasteiger partial charge in [0, 0.05) is 25.7 Å². The number of esters is 4. The summed E-state index contributed by atoms with van der Waals surface area (Å²) in [6, 6.07) is 0. The summed E-state index contributed by atoms with van der Waals surface area (Å²) in [5, 5.41) is 10.7. The van der Waals surface area contributed by atoms with E-state index in [2.05, 4.69) is 55.4 Å². The lowest BCUT2D eigenvalue weighted by molar-refractivity contribution is -0.161. The molecule has 17 nitrogen and oxygen atoms in total. The number of carbonyl (C=O) groups is 4. The molecule has 0 radical (unpaired) electrons. The van der Waals surface area contributed by atoms with E-state index in [0.717, 1.165) is 114 Å². The van der Waals surface area contributed by atoms with Crippen molar-refractivity contribution in [3.8, 4) is 0 Å². The first kappa shape index (κ1) is 108. The van der Waals surface area contributed by atoms with Crippen molar-refractivity contribution in [1.29, 1.82) is 0 Å². The zero-order chi connectivity index (χ0) is 80.9. The van der Waals surface area contributed by atoms with E-state index >= 15 is 0 Å². The summed E-state index contributed by atoms with van der Waals surface area (Å²) in [5.74, 6) is 1.14. The van der Waals surface area contributed by atoms with Crippen LogP contribution in [-0.4, -0.2) is 96.7 Å². The van der Waals surface area contributed by atoms with Gasteiger partial charge in [-0.3, -0.25) is 37.3 Å². The number of aliphatic hydroxyl groups is 1. The number of phosphoric acid groups is 2. The molecule has 0 heterocycles. The van der Waals surface area contributed by atoms with Gasteiger partial charge in [0.2, 0.25) is 0 Å². The van der Waals surface area contributed by atoms with Gasteiger partial charge in [-0.1, -0.05) is 428 Å². The highest BCUT2D eigenvalue weighted by molar-refractivity contribution is 7.47. The van der Waals surface area contributed by atoms with Crippen LogP contribution in [0.3, 0.4) is 0 Å². The molecule has 0 amide bonds. The van der Waals surface area contributed by atoms with E-state index in [9.17, 15) is 43.2 Å². The molecular formula is C91H178O17P2. The van der Waals surface area contributed by atoms with Crippen LogP contribution in [0.4, 0.5) is 0 Å². The SMILES string of the molecule is CCC(C)CCCCCCCCCCCCCCCCCCCCC(=O)OC[C@H](COP(=O)(O)OC[C@@H](O)COP(=O)(O)OC[C@@H](COC(=O)CCCCCCCCCCC(C)C)OC(=O)CCCCCCCCCCCCCCC(C)C)OC(=O)CCCCCCCCCCCCCCCCCCCCC(C)CC. The molecule has 0 aliphatic rings. The normalized spacial score (nSPS) is 14.3. The quantitative estimate of drug-likeness (QED) is 0.0222. The molecule has 0 aromatic carbocycles. The Balaban J connectivity index is 5.23. The molecule has 0 aliphatic heterocycles. The van der Waals surface area contributed by atoms with Gasteiger partial charge in [0.1, 0.15) is 19.3 Å². The average Bonchev–Trinajstić information content (AvgIpc) is 0.966. The van der Waals surface area contributed by atoms with Crippen molar-refractivity contribution in [2.75, 3.05) is 39.6 Å². The molecule has 0 aliphatic carbocycles. The fraction of sp³-hybridized carbons (Fsp3) is 0.956. The Bertz CT molecular complexity index is 2130. The maximum Gasteiger partial charge on any atom is 0.472 e. The number of hydrogen-bond acceptors (Lipinski definition) is 15. The van der Waals surface area contributed by atoms with Crippen molar-refractivity contribution >= 4 is 39.5 Å². The van der Waals surface area contributed by atoms with Gasteiger partial charge in [0.25, 0.3) is 0 Å². The fourth-order valence-electron chi connectivity index (χ4n) is 14.1. The van der Waals surface area contributed by atoms with Crippen LogP contribution in [0.2, 0.25) is 0 Å². The van der Waals surface area contributed by atoms with Crippen LogP contribution in [0.15, 0.2) is 0 Å². The predicted octanol–water partition coefficient (Wildman–Crippen LogP) is 27.9. The molecule has 3 N–H and O–H groups in total. The van der Waals surface area contributed by atoms with E-state index in [1.165, 1.54) is 283 Å². The Morgan fingerprint density at radius 3 is 0.645 bits per heavy atom. The Morgan fingerprint density at radius 1 is 0.255 bits per heavy atom. The third-order valence-corrected chi connectivity index (χ3v) is 23.9. The van der Waals surface area contributed by atoms with Gasteiger partial charge >= 0.3 is 39.5 Å². The van der Waals surface area contributed by atoms with Gasteiger partial charge in [-0.05, 0) is 49.4 Å². The van der Waals surface area contributed by atoms with Crippen molar-refractivity contribution in [3.05, 3.63) is 0 Å². The van der Waals surface area contributed by atoms with E-state index in [1.54, 1.807) is 0 Å². The van der Waals surface area contributed by atoms with E-state index in [4.69, 9.17) is 37.0 Å². The number of phosphoric ester groups is 2. The molecule has 0 aromatic heterocycles. The number of ether oxygens (including phenoxy) is 4. The Morgan fingerprint density at radius 2 is 0.436 bits per heavy atom. The highest BCUT2D eigenvalue weighted by Crippen LogP contribution is 2.45. The molecule has 110 heavy (non-hydrogen) atoms. The predicted molar refractivity (Wildman–Crippen MR) is 455 cm³/mol. The Labute approximate surface area is 677 Å². The number of rotatable bonds is 88. The molecule has 4 unspecified atom stereocenters. The van der Waals surface area contributed by atoms with Crippen LogP contribution in [0.5, 0.6) is 0 Å². The Hall–Kier alpha value is -1.94. The standard InChI is InChI=1S/C91H178O17P2/c1-9-83(7)69-61-53-45-36-30-23-19-15-11-13-17-21-25-32-38-47-55-63-71-88(93)101-77-86(107-90(95)73-65-57-49-39-33-26-22-18-14-12-16-20-24-31-37-46-54-62-70-84(8)10-2)79-105-109(97,98)103-75-85(92)76-104-110(99,100)106-80-87(78-102-89(94)72-64-56-48-42-41-44-52-60-68-82(5)6)108-91(96)74-66-58-50-40-34-28-27-29-35-43-51-59-67-81(3)4/h81-87,92H,9-80H2,1-8H3,(H,97,98)(H,99,100)/t83?,84?,85-,86-,87-/m1/s1. The highest BCUT2D eigenvalue weighted by Gasteiger charge is 2.31. The molecule has 0 rings (SSSR count). The van der Waals surface area contributed by atoms with Gasteiger partial charge < -0.3 is 33.8 Å². The summed E-state index contributed by atoms with van der Waals surface area (Å²) in [6.07, 6.45) is 70.9. The molecule has 0 saturated carbocycles. The zero-order valence-corrected chi connectivity index (χ0v) is 74.7. The Kier molecular flexibility index (Phi) is 78.1. The zero-order valence-electron chi connectivity index (χ0n) is 72.9. The summed E-state index contributed by atoms with van der Waals surface area (Å²) >= 11 is 0. The lowest BCUT2D eigenvalue weighted by Gasteiger charge is -2.21. The molecule has 7 atom stereocenters. The van der Waals surface area contributed by atoms with E-state index < -0.39 is 97.5 Å². The lowest BCUT2D eigenvalue weighted by atomic mass is 9.99.